The minimum atomic E-state index is -0.293. The van der Waals surface area contributed by atoms with Gasteiger partial charge in [-0.25, -0.2) is 13.9 Å². The number of benzene rings is 1. The Morgan fingerprint density at radius 1 is 1.07 bits per heavy atom. The number of halogens is 1. The first-order chi connectivity index (χ1) is 14.7. The van der Waals surface area contributed by atoms with E-state index in [1.807, 2.05) is 11.4 Å². The highest BCUT2D eigenvalue weighted by Crippen LogP contribution is 2.31. The lowest BCUT2D eigenvalue weighted by molar-refractivity contribution is 0.188. The van der Waals surface area contributed by atoms with E-state index in [-0.39, 0.29) is 12.4 Å². The molecule has 0 radical (unpaired) electrons. The minimum absolute atomic E-state index is 0.181. The van der Waals surface area contributed by atoms with Crippen molar-refractivity contribution < 1.29 is 9.50 Å². The molecule has 1 aromatic carbocycles. The third-order valence-corrected chi connectivity index (χ3v) is 6.19. The molecule has 0 unspecified atom stereocenters. The molecule has 1 fully saturated rings. The lowest BCUT2D eigenvalue weighted by Crippen LogP contribution is -2.47. The Balaban J connectivity index is 1.57. The lowest BCUT2D eigenvalue weighted by Gasteiger charge is -2.35. The Hall–Kier alpha value is -2.81. The number of thiophene rings is 1. The molecule has 0 aliphatic carbocycles. The highest BCUT2D eigenvalue weighted by atomic mass is 32.1. The van der Waals surface area contributed by atoms with E-state index >= 15 is 0 Å². The predicted molar refractivity (Wildman–Crippen MR) is 117 cm³/mol. The van der Waals surface area contributed by atoms with Gasteiger partial charge in [-0.2, -0.15) is 11.3 Å². The molecular weight excluding hydrogens is 401 g/mol. The van der Waals surface area contributed by atoms with Gasteiger partial charge in [0.2, 0.25) is 0 Å². The van der Waals surface area contributed by atoms with Gasteiger partial charge in [0.1, 0.15) is 11.6 Å². The fourth-order valence-electron chi connectivity index (χ4n) is 3.89. The molecule has 0 spiro atoms. The lowest BCUT2D eigenvalue weighted by atomic mass is 10.1. The van der Waals surface area contributed by atoms with Crippen LogP contribution >= 0.6 is 11.3 Å². The number of anilines is 1. The van der Waals surface area contributed by atoms with Crippen molar-refractivity contribution in [3.8, 4) is 22.4 Å². The number of piperazine rings is 1. The van der Waals surface area contributed by atoms with Crippen LogP contribution in [0.3, 0.4) is 0 Å². The normalized spacial score (nSPS) is 15.2. The summed E-state index contributed by atoms with van der Waals surface area (Å²) in [5, 5.41) is 18.1. The zero-order valence-electron chi connectivity index (χ0n) is 16.4. The Bertz CT molecular complexity index is 1150. The quantitative estimate of drug-likeness (QED) is 0.533. The van der Waals surface area contributed by atoms with Crippen molar-refractivity contribution >= 4 is 22.8 Å². The number of hydrogen-bond acceptors (Lipinski definition) is 6. The Kier molecular flexibility index (Phi) is 5.20. The van der Waals surface area contributed by atoms with Crippen molar-refractivity contribution in [3.05, 3.63) is 59.2 Å². The summed E-state index contributed by atoms with van der Waals surface area (Å²) >= 11 is 1.63. The highest BCUT2D eigenvalue weighted by molar-refractivity contribution is 7.08. The van der Waals surface area contributed by atoms with Gasteiger partial charge in [-0.05, 0) is 40.6 Å². The molecule has 4 heterocycles. The molecule has 0 amide bonds. The number of β-amino-alcohol motifs (C(OH)–C–C–N with tert-alkyl or cyclic N) is 1. The molecule has 1 N–H and O–H groups in total. The number of aliphatic hydroxyl groups excluding tert-OH is 1. The van der Waals surface area contributed by atoms with E-state index in [0.717, 1.165) is 43.1 Å². The standard InChI is InChI=1S/C22H22FN5OS/c23-19-4-2-1-3-17(19)20-14-28-22(24-20)18(16-5-12-30-15-16)13-21(25-28)27-8-6-26(7-9-27)10-11-29/h1-5,12-15,29H,6-11H2. The molecule has 6 nitrogen and oxygen atoms in total. The van der Waals surface area contributed by atoms with Gasteiger partial charge < -0.3 is 10.0 Å². The largest absolute Gasteiger partial charge is 0.395 e. The molecule has 1 aliphatic rings. The van der Waals surface area contributed by atoms with Gasteiger partial charge in [0.05, 0.1) is 18.5 Å². The van der Waals surface area contributed by atoms with E-state index in [4.69, 9.17) is 10.1 Å². The molecule has 0 saturated carbocycles. The van der Waals surface area contributed by atoms with Crippen LogP contribution in [0, 0.1) is 5.82 Å². The summed E-state index contributed by atoms with van der Waals surface area (Å²) in [5.74, 6) is 0.586. The molecule has 3 aromatic heterocycles. The molecule has 5 rings (SSSR count). The summed E-state index contributed by atoms with van der Waals surface area (Å²) in [5.41, 5.74) is 3.83. The topological polar surface area (TPSA) is 56.9 Å². The number of hydrogen-bond donors (Lipinski definition) is 1. The summed E-state index contributed by atoms with van der Waals surface area (Å²) in [6.45, 7) is 4.35. The molecule has 30 heavy (non-hydrogen) atoms. The van der Waals surface area contributed by atoms with E-state index in [1.54, 1.807) is 34.2 Å². The first-order valence-electron chi connectivity index (χ1n) is 9.99. The van der Waals surface area contributed by atoms with Crippen LogP contribution in [0.1, 0.15) is 0 Å². The van der Waals surface area contributed by atoms with Crippen molar-refractivity contribution in [3.63, 3.8) is 0 Å². The van der Waals surface area contributed by atoms with Crippen LogP contribution in [-0.4, -0.2) is 63.9 Å². The third kappa shape index (κ3) is 3.58. The van der Waals surface area contributed by atoms with Gasteiger partial charge in [0, 0.05) is 43.9 Å². The SMILES string of the molecule is OCCN1CCN(c2cc(-c3ccsc3)c3nc(-c4ccccc4F)cn3n2)CC1. The molecule has 8 heteroatoms. The fourth-order valence-corrected chi connectivity index (χ4v) is 4.55. The Morgan fingerprint density at radius 2 is 1.90 bits per heavy atom. The monoisotopic (exact) mass is 423 g/mol. The van der Waals surface area contributed by atoms with Crippen molar-refractivity contribution in [2.45, 2.75) is 0 Å². The van der Waals surface area contributed by atoms with E-state index < -0.39 is 0 Å². The Morgan fingerprint density at radius 3 is 2.63 bits per heavy atom. The summed E-state index contributed by atoms with van der Waals surface area (Å²) in [7, 11) is 0. The third-order valence-electron chi connectivity index (χ3n) is 5.51. The second-order valence-electron chi connectivity index (χ2n) is 7.35. The maximum atomic E-state index is 14.3. The van der Waals surface area contributed by atoms with Crippen LogP contribution in [0.2, 0.25) is 0 Å². The summed E-state index contributed by atoms with van der Waals surface area (Å²) in [4.78, 5) is 9.24. The van der Waals surface area contributed by atoms with Crippen LogP contribution in [0.5, 0.6) is 0 Å². The van der Waals surface area contributed by atoms with Crippen molar-refractivity contribution in [1.29, 1.82) is 0 Å². The molecule has 0 atom stereocenters. The number of imidazole rings is 1. The summed E-state index contributed by atoms with van der Waals surface area (Å²) < 4.78 is 16.1. The highest BCUT2D eigenvalue weighted by Gasteiger charge is 2.21. The summed E-state index contributed by atoms with van der Waals surface area (Å²) in [6, 6.07) is 10.8. The van der Waals surface area contributed by atoms with E-state index in [1.165, 1.54) is 6.07 Å². The van der Waals surface area contributed by atoms with Gasteiger partial charge >= 0.3 is 0 Å². The van der Waals surface area contributed by atoms with Crippen LogP contribution in [-0.2, 0) is 0 Å². The first kappa shape index (κ1) is 19.2. The van der Waals surface area contributed by atoms with Gasteiger partial charge in [0.25, 0.3) is 0 Å². The van der Waals surface area contributed by atoms with E-state index in [0.29, 0.717) is 23.4 Å². The summed E-state index contributed by atoms with van der Waals surface area (Å²) in [6.07, 6.45) is 1.80. The maximum Gasteiger partial charge on any atom is 0.162 e. The second kappa shape index (κ2) is 8.14. The van der Waals surface area contributed by atoms with Gasteiger partial charge in [-0.3, -0.25) is 4.90 Å². The van der Waals surface area contributed by atoms with Crippen LogP contribution in [0.25, 0.3) is 28.0 Å². The van der Waals surface area contributed by atoms with Crippen molar-refractivity contribution in [1.82, 2.24) is 19.5 Å². The smallest absolute Gasteiger partial charge is 0.162 e. The minimum Gasteiger partial charge on any atom is -0.395 e. The van der Waals surface area contributed by atoms with Crippen LogP contribution in [0.4, 0.5) is 10.2 Å². The fraction of sp³-hybridized carbons (Fsp3) is 0.273. The molecular formula is C22H22FN5OS. The van der Waals surface area contributed by atoms with E-state index in [9.17, 15) is 9.50 Å². The van der Waals surface area contributed by atoms with Crippen molar-refractivity contribution in [2.75, 3.05) is 44.2 Å². The van der Waals surface area contributed by atoms with Crippen molar-refractivity contribution in [2.24, 2.45) is 0 Å². The number of fused-ring (bicyclic) bond motifs is 1. The Labute approximate surface area is 177 Å². The number of aliphatic hydroxyl groups is 1. The number of aromatic nitrogens is 3. The molecule has 154 valence electrons. The van der Waals surface area contributed by atoms with Crippen LogP contribution in [0.15, 0.2) is 53.4 Å². The first-order valence-corrected chi connectivity index (χ1v) is 10.9. The second-order valence-corrected chi connectivity index (χ2v) is 8.13. The predicted octanol–water partition coefficient (Wildman–Crippen LogP) is 3.38. The van der Waals surface area contributed by atoms with E-state index in [2.05, 4.69) is 27.3 Å². The molecule has 0 bridgehead atoms. The number of rotatable bonds is 5. The maximum absolute atomic E-state index is 14.3. The zero-order valence-corrected chi connectivity index (χ0v) is 17.2. The van der Waals surface area contributed by atoms with Gasteiger partial charge in [-0.15, -0.1) is 5.10 Å². The van der Waals surface area contributed by atoms with Gasteiger partial charge in [0.15, 0.2) is 5.65 Å². The molecule has 1 saturated heterocycles. The zero-order chi connectivity index (χ0) is 20.5. The average Bonchev–Trinajstić information content (AvgIpc) is 3.44. The molecule has 1 aliphatic heterocycles. The average molecular weight is 424 g/mol. The van der Waals surface area contributed by atoms with Crippen LogP contribution < -0.4 is 4.90 Å². The van der Waals surface area contributed by atoms with Gasteiger partial charge in [-0.1, -0.05) is 12.1 Å². The molecule has 4 aromatic rings. The number of nitrogens with zero attached hydrogens (tertiary/aromatic N) is 5.